The van der Waals surface area contributed by atoms with Gasteiger partial charge in [-0.05, 0) is 24.1 Å². The highest BCUT2D eigenvalue weighted by molar-refractivity contribution is 5.80. The van der Waals surface area contributed by atoms with Crippen molar-refractivity contribution in [3.8, 4) is 0 Å². The number of hydrogen-bond donors (Lipinski definition) is 1. The standard InChI is InChI=1S/C17H20F3N3O2/c1-11(24)21-14-6-15-9-22(10-16(25)23(15)8-14)7-12-2-4-13(5-3-12)17(18,19)20/h2-5,14-15H,6-10H2,1H3,(H,21,24)/t14-,15-/m0/s1. The summed E-state index contributed by atoms with van der Waals surface area (Å²) < 4.78 is 37.8. The molecule has 0 saturated carbocycles. The minimum absolute atomic E-state index is 0.00369. The Bertz CT molecular complexity index is 660. The first kappa shape index (κ1) is 17.7. The fourth-order valence-electron chi connectivity index (χ4n) is 3.61. The van der Waals surface area contributed by atoms with E-state index in [1.165, 1.54) is 19.1 Å². The van der Waals surface area contributed by atoms with Crippen LogP contribution in [0.1, 0.15) is 24.5 Å². The Morgan fingerprint density at radius 2 is 1.92 bits per heavy atom. The maximum Gasteiger partial charge on any atom is 0.416 e. The van der Waals surface area contributed by atoms with Gasteiger partial charge in [0.15, 0.2) is 0 Å². The third-order valence-corrected chi connectivity index (χ3v) is 4.66. The highest BCUT2D eigenvalue weighted by Gasteiger charge is 2.40. The van der Waals surface area contributed by atoms with Crippen LogP contribution in [0.5, 0.6) is 0 Å². The highest BCUT2D eigenvalue weighted by Crippen LogP contribution is 2.29. The molecule has 0 aromatic heterocycles. The predicted octanol–water partition coefficient (Wildman–Crippen LogP) is 1.63. The molecule has 2 atom stereocenters. The summed E-state index contributed by atoms with van der Waals surface area (Å²) in [5.41, 5.74) is 0.0664. The minimum Gasteiger partial charge on any atom is -0.352 e. The van der Waals surface area contributed by atoms with Crippen LogP contribution in [-0.2, 0) is 22.3 Å². The topological polar surface area (TPSA) is 52.7 Å². The normalized spacial score (nSPS) is 24.3. The lowest BCUT2D eigenvalue weighted by molar-refractivity contribution is -0.138. The zero-order valence-electron chi connectivity index (χ0n) is 13.8. The molecule has 0 radical (unpaired) electrons. The van der Waals surface area contributed by atoms with Gasteiger partial charge in [0.1, 0.15) is 0 Å². The molecule has 136 valence electrons. The Morgan fingerprint density at radius 3 is 2.52 bits per heavy atom. The molecule has 8 heteroatoms. The molecule has 2 amide bonds. The van der Waals surface area contributed by atoms with Gasteiger partial charge in [-0.25, -0.2) is 0 Å². The first-order valence-corrected chi connectivity index (χ1v) is 8.17. The lowest BCUT2D eigenvalue weighted by Crippen LogP contribution is -2.53. The third-order valence-electron chi connectivity index (χ3n) is 4.66. The first-order chi connectivity index (χ1) is 11.7. The van der Waals surface area contributed by atoms with Crippen LogP contribution in [0.15, 0.2) is 24.3 Å². The number of nitrogens with zero attached hydrogens (tertiary/aromatic N) is 2. The molecule has 2 saturated heterocycles. The fourth-order valence-corrected chi connectivity index (χ4v) is 3.61. The van der Waals surface area contributed by atoms with Crippen molar-refractivity contribution in [1.82, 2.24) is 15.1 Å². The van der Waals surface area contributed by atoms with Crippen molar-refractivity contribution in [2.75, 3.05) is 19.6 Å². The molecule has 2 heterocycles. The van der Waals surface area contributed by atoms with Crippen LogP contribution in [0, 0.1) is 0 Å². The number of hydrogen-bond acceptors (Lipinski definition) is 3. The molecular weight excluding hydrogens is 335 g/mol. The molecule has 0 spiro atoms. The summed E-state index contributed by atoms with van der Waals surface area (Å²) in [6.07, 6.45) is -3.64. The molecule has 0 unspecified atom stereocenters. The van der Waals surface area contributed by atoms with Crippen molar-refractivity contribution in [1.29, 1.82) is 0 Å². The summed E-state index contributed by atoms with van der Waals surface area (Å²) in [6.45, 7) is 3.30. The molecule has 2 fully saturated rings. The Kier molecular flexibility index (Phi) is 4.73. The largest absolute Gasteiger partial charge is 0.416 e. The maximum atomic E-state index is 12.6. The maximum absolute atomic E-state index is 12.6. The van der Waals surface area contributed by atoms with Crippen LogP contribution < -0.4 is 5.32 Å². The SMILES string of the molecule is CC(=O)N[C@H]1C[C@H]2CN(Cc3ccc(C(F)(F)F)cc3)CC(=O)N2C1. The van der Waals surface area contributed by atoms with Gasteiger partial charge < -0.3 is 10.2 Å². The summed E-state index contributed by atoms with van der Waals surface area (Å²) >= 11 is 0. The van der Waals surface area contributed by atoms with Gasteiger partial charge in [0.05, 0.1) is 12.1 Å². The van der Waals surface area contributed by atoms with E-state index in [-0.39, 0.29) is 30.4 Å². The molecule has 1 aromatic rings. The number of piperazine rings is 1. The van der Waals surface area contributed by atoms with Gasteiger partial charge in [-0.15, -0.1) is 0 Å². The Labute approximate surface area is 143 Å². The van der Waals surface area contributed by atoms with E-state index in [1.54, 1.807) is 4.90 Å². The molecule has 2 aliphatic rings. The van der Waals surface area contributed by atoms with Crippen molar-refractivity contribution < 1.29 is 22.8 Å². The second-order valence-electron chi connectivity index (χ2n) is 6.70. The lowest BCUT2D eigenvalue weighted by atomic mass is 10.1. The molecule has 1 aromatic carbocycles. The molecule has 1 N–H and O–H groups in total. The average Bonchev–Trinajstić information content (AvgIpc) is 2.89. The van der Waals surface area contributed by atoms with Crippen LogP contribution in [0.4, 0.5) is 13.2 Å². The smallest absolute Gasteiger partial charge is 0.352 e. The number of nitrogens with one attached hydrogen (secondary N) is 1. The average molecular weight is 355 g/mol. The number of carbonyl (C=O) groups is 2. The van der Waals surface area contributed by atoms with Crippen molar-refractivity contribution in [2.24, 2.45) is 0 Å². The van der Waals surface area contributed by atoms with E-state index in [4.69, 9.17) is 0 Å². The monoisotopic (exact) mass is 355 g/mol. The highest BCUT2D eigenvalue weighted by atomic mass is 19.4. The van der Waals surface area contributed by atoms with Gasteiger partial charge in [-0.2, -0.15) is 13.2 Å². The van der Waals surface area contributed by atoms with E-state index in [9.17, 15) is 22.8 Å². The van der Waals surface area contributed by atoms with Crippen LogP contribution in [0.3, 0.4) is 0 Å². The zero-order chi connectivity index (χ0) is 18.2. The predicted molar refractivity (Wildman–Crippen MR) is 84.4 cm³/mol. The van der Waals surface area contributed by atoms with E-state index in [2.05, 4.69) is 5.32 Å². The van der Waals surface area contributed by atoms with Crippen molar-refractivity contribution >= 4 is 11.8 Å². The van der Waals surface area contributed by atoms with E-state index in [1.807, 2.05) is 4.90 Å². The van der Waals surface area contributed by atoms with E-state index in [0.717, 1.165) is 17.7 Å². The minimum atomic E-state index is -4.34. The fraction of sp³-hybridized carbons (Fsp3) is 0.529. The van der Waals surface area contributed by atoms with E-state index >= 15 is 0 Å². The number of halogens is 3. The number of benzene rings is 1. The number of carbonyl (C=O) groups excluding carboxylic acids is 2. The van der Waals surface area contributed by atoms with Crippen LogP contribution >= 0.6 is 0 Å². The summed E-state index contributed by atoms with van der Waals surface area (Å²) in [6, 6.07) is 5.04. The van der Waals surface area contributed by atoms with Crippen LogP contribution in [0.25, 0.3) is 0 Å². The van der Waals surface area contributed by atoms with Crippen molar-refractivity contribution in [2.45, 2.75) is 38.1 Å². The molecule has 0 aliphatic carbocycles. The van der Waals surface area contributed by atoms with Gasteiger partial charge >= 0.3 is 6.18 Å². The number of amides is 2. The molecule has 5 nitrogen and oxygen atoms in total. The molecule has 3 rings (SSSR count). The van der Waals surface area contributed by atoms with Gasteiger partial charge in [0, 0.05) is 38.6 Å². The molecule has 0 bridgehead atoms. The van der Waals surface area contributed by atoms with E-state index < -0.39 is 11.7 Å². The summed E-state index contributed by atoms with van der Waals surface area (Å²) in [5.74, 6) is -0.116. The van der Waals surface area contributed by atoms with Crippen molar-refractivity contribution in [3.63, 3.8) is 0 Å². The van der Waals surface area contributed by atoms with Gasteiger partial charge in [-0.3, -0.25) is 14.5 Å². The molecule has 2 aliphatic heterocycles. The second-order valence-corrected chi connectivity index (χ2v) is 6.70. The second kappa shape index (κ2) is 6.67. The molecular formula is C17H20F3N3O2. The van der Waals surface area contributed by atoms with E-state index in [0.29, 0.717) is 26.1 Å². The number of alkyl halides is 3. The zero-order valence-corrected chi connectivity index (χ0v) is 13.8. The Balaban J connectivity index is 1.62. The summed E-state index contributed by atoms with van der Waals surface area (Å²) in [5, 5.41) is 2.85. The number of rotatable bonds is 3. The van der Waals surface area contributed by atoms with Gasteiger partial charge in [0.25, 0.3) is 0 Å². The van der Waals surface area contributed by atoms with Crippen molar-refractivity contribution in [3.05, 3.63) is 35.4 Å². The van der Waals surface area contributed by atoms with Crippen LogP contribution in [-0.4, -0.2) is 53.3 Å². The van der Waals surface area contributed by atoms with Gasteiger partial charge in [-0.1, -0.05) is 12.1 Å². The number of fused-ring (bicyclic) bond motifs is 1. The summed E-state index contributed by atoms with van der Waals surface area (Å²) in [7, 11) is 0. The third kappa shape index (κ3) is 4.12. The van der Waals surface area contributed by atoms with Gasteiger partial charge in [0.2, 0.25) is 11.8 Å². The Morgan fingerprint density at radius 1 is 1.24 bits per heavy atom. The summed E-state index contributed by atoms with van der Waals surface area (Å²) in [4.78, 5) is 27.2. The lowest BCUT2D eigenvalue weighted by Gasteiger charge is -2.36. The quantitative estimate of drug-likeness (QED) is 0.897. The Hall–Kier alpha value is -2.09. The molecule has 25 heavy (non-hydrogen) atoms. The van der Waals surface area contributed by atoms with Crippen LogP contribution in [0.2, 0.25) is 0 Å². The first-order valence-electron chi connectivity index (χ1n) is 8.17.